The van der Waals surface area contributed by atoms with Gasteiger partial charge in [0.2, 0.25) is 0 Å². The predicted molar refractivity (Wildman–Crippen MR) is 76.7 cm³/mol. The molecular formula is C16H19NO2. The van der Waals surface area contributed by atoms with Crippen molar-refractivity contribution >= 4 is 11.7 Å². The molecule has 0 amide bonds. The summed E-state index contributed by atoms with van der Waals surface area (Å²) < 4.78 is 4.77. The second-order valence-electron chi connectivity index (χ2n) is 4.92. The van der Waals surface area contributed by atoms with Crippen molar-refractivity contribution in [3.63, 3.8) is 0 Å². The summed E-state index contributed by atoms with van der Waals surface area (Å²) in [7, 11) is 1.40. The first kappa shape index (κ1) is 13.5. The highest BCUT2D eigenvalue weighted by Gasteiger charge is 2.18. The molecule has 0 saturated carbocycles. The van der Waals surface area contributed by atoms with E-state index < -0.39 is 0 Å². The topological polar surface area (TPSA) is 38.7 Å². The third kappa shape index (κ3) is 2.75. The normalized spacial score (nSPS) is 18.6. The number of rotatable bonds is 2. The molecule has 0 aromatic heterocycles. The summed E-state index contributed by atoms with van der Waals surface area (Å²) in [5.74, 6) is -0.301. The molecule has 0 radical (unpaired) electrons. The standard InChI is InChI=1S/C16H19NO2/c1-10-6-8-15(17-12(10)3)14-9-13(16(18)19-4)7-5-11(14)2/h5-7,9,15H,8H2,1-4H3. The minimum absolute atomic E-state index is 0.105. The Morgan fingerprint density at radius 2 is 2.05 bits per heavy atom. The first-order chi connectivity index (χ1) is 9.02. The lowest BCUT2D eigenvalue weighted by Gasteiger charge is -2.20. The van der Waals surface area contributed by atoms with Crippen molar-refractivity contribution in [2.45, 2.75) is 33.2 Å². The third-order valence-corrected chi connectivity index (χ3v) is 3.63. The second-order valence-corrected chi connectivity index (χ2v) is 4.92. The molecule has 2 rings (SSSR count). The Morgan fingerprint density at radius 1 is 1.32 bits per heavy atom. The molecule has 0 N–H and O–H groups in total. The van der Waals surface area contributed by atoms with Gasteiger partial charge in [-0.3, -0.25) is 4.99 Å². The highest BCUT2D eigenvalue weighted by Crippen LogP contribution is 2.30. The SMILES string of the molecule is COC(=O)c1ccc(C)c(C2CC=C(C)C(C)=N2)c1. The van der Waals surface area contributed by atoms with Crippen LogP contribution in [0.5, 0.6) is 0 Å². The summed E-state index contributed by atoms with van der Waals surface area (Å²) in [6.07, 6.45) is 3.09. The minimum Gasteiger partial charge on any atom is -0.465 e. The summed E-state index contributed by atoms with van der Waals surface area (Å²) >= 11 is 0. The van der Waals surface area contributed by atoms with E-state index in [1.54, 1.807) is 6.07 Å². The van der Waals surface area contributed by atoms with Crippen LogP contribution in [0.25, 0.3) is 0 Å². The summed E-state index contributed by atoms with van der Waals surface area (Å²) in [4.78, 5) is 16.3. The van der Waals surface area contributed by atoms with Gasteiger partial charge in [-0.15, -0.1) is 0 Å². The zero-order chi connectivity index (χ0) is 14.0. The molecule has 1 heterocycles. The summed E-state index contributed by atoms with van der Waals surface area (Å²) in [6, 6.07) is 5.76. The Balaban J connectivity index is 2.38. The average molecular weight is 257 g/mol. The van der Waals surface area contributed by atoms with Gasteiger partial charge in [0, 0.05) is 5.71 Å². The number of dihydropyridines is 1. The number of ether oxygens (including phenoxy) is 1. The summed E-state index contributed by atoms with van der Waals surface area (Å²) in [5, 5.41) is 0. The zero-order valence-electron chi connectivity index (χ0n) is 11.9. The van der Waals surface area contributed by atoms with Crippen molar-refractivity contribution in [2.75, 3.05) is 7.11 Å². The molecule has 1 aliphatic rings. The van der Waals surface area contributed by atoms with Crippen molar-refractivity contribution in [2.24, 2.45) is 4.99 Å². The van der Waals surface area contributed by atoms with E-state index in [0.717, 1.165) is 23.3 Å². The third-order valence-electron chi connectivity index (χ3n) is 3.63. The van der Waals surface area contributed by atoms with Crippen molar-refractivity contribution in [1.82, 2.24) is 0 Å². The molecule has 100 valence electrons. The highest BCUT2D eigenvalue weighted by atomic mass is 16.5. The van der Waals surface area contributed by atoms with E-state index in [2.05, 4.69) is 13.0 Å². The predicted octanol–water partition coefficient (Wildman–Crippen LogP) is 3.63. The number of methoxy groups -OCH3 is 1. The lowest BCUT2D eigenvalue weighted by Crippen LogP contribution is -2.09. The van der Waals surface area contributed by atoms with E-state index in [9.17, 15) is 4.79 Å². The number of benzene rings is 1. The minimum atomic E-state index is -0.301. The number of hydrogen-bond donors (Lipinski definition) is 0. The van der Waals surface area contributed by atoms with Gasteiger partial charge in [-0.1, -0.05) is 12.1 Å². The van der Waals surface area contributed by atoms with E-state index in [1.807, 2.05) is 26.0 Å². The Hall–Kier alpha value is -1.90. The smallest absolute Gasteiger partial charge is 0.337 e. The maximum atomic E-state index is 11.6. The molecule has 1 unspecified atom stereocenters. The number of carbonyl (C=O) groups excluding carboxylic acids is 1. The van der Waals surface area contributed by atoms with Crippen molar-refractivity contribution < 1.29 is 9.53 Å². The number of carbonyl (C=O) groups is 1. The van der Waals surface area contributed by atoms with Crippen molar-refractivity contribution in [3.8, 4) is 0 Å². The van der Waals surface area contributed by atoms with Crippen LogP contribution in [0.3, 0.4) is 0 Å². The van der Waals surface area contributed by atoms with E-state index in [1.165, 1.54) is 12.7 Å². The first-order valence-corrected chi connectivity index (χ1v) is 6.43. The average Bonchev–Trinajstić information content (AvgIpc) is 2.41. The summed E-state index contributed by atoms with van der Waals surface area (Å²) in [6.45, 7) is 6.15. The molecule has 3 nitrogen and oxygen atoms in total. The van der Waals surface area contributed by atoms with Crippen LogP contribution in [0.2, 0.25) is 0 Å². The number of hydrogen-bond acceptors (Lipinski definition) is 3. The van der Waals surface area contributed by atoms with Gasteiger partial charge in [0.05, 0.1) is 18.7 Å². The molecule has 0 saturated heterocycles. The Labute approximate surface area is 114 Å². The molecule has 0 fully saturated rings. The fraction of sp³-hybridized carbons (Fsp3) is 0.375. The van der Waals surface area contributed by atoms with Crippen LogP contribution in [-0.4, -0.2) is 18.8 Å². The van der Waals surface area contributed by atoms with Gasteiger partial charge in [-0.05, 0) is 56.0 Å². The van der Waals surface area contributed by atoms with Crippen LogP contribution in [0.4, 0.5) is 0 Å². The number of esters is 1. The summed E-state index contributed by atoms with van der Waals surface area (Å²) in [5.41, 5.74) is 5.15. The van der Waals surface area contributed by atoms with Gasteiger partial charge < -0.3 is 4.74 Å². The lowest BCUT2D eigenvalue weighted by atomic mass is 9.93. The van der Waals surface area contributed by atoms with E-state index in [0.29, 0.717) is 5.56 Å². The number of nitrogens with zero attached hydrogens (tertiary/aromatic N) is 1. The molecule has 1 aromatic carbocycles. The molecule has 0 spiro atoms. The van der Waals surface area contributed by atoms with Gasteiger partial charge in [0.1, 0.15) is 0 Å². The van der Waals surface area contributed by atoms with E-state index >= 15 is 0 Å². The Morgan fingerprint density at radius 3 is 2.68 bits per heavy atom. The van der Waals surface area contributed by atoms with Crippen LogP contribution in [0.15, 0.2) is 34.8 Å². The molecule has 1 aromatic rings. The zero-order valence-corrected chi connectivity index (χ0v) is 11.9. The largest absolute Gasteiger partial charge is 0.465 e. The molecule has 3 heteroatoms. The number of aryl methyl sites for hydroxylation is 1. The van der Waals surface area contributed by atoms with E-state index in [4.69, 9.17) is 9.73 Å². The van der Waals surface area contributed by atoms with E-state index in [-0.39, 0.29) is 12.0 Å². The second kappa shape index (κ2) is 5.39. The fourth-order valence-corrected chi connectivity index (χ4v) is 2.27. The highest BCUT2D eigenvalue weighted by molar-refractivity contribution is 5.98. The Kier molecular flexibility index (Phi) is 3.84. The Bertz CT molecular complexity index is 570. The van der Waals surface area contributed by atoms with Crippen LogP contribution in [0, 0.1) is 6.92 Å². The number of aliphatic imine (C=N–C) groups is 1. The fourth-order valence-electron chi connectivity index (χ4n) is 2.27. The maximum absolute atomic E-state index is 11.6. The van der Waals surface area contributed by atoms with Gasteiger partial charge in [0.25, 0.3) is 0 Å². The molecule has 19 heavy (non-hydrogen) atoms. The molecule has 0 aliphatic carbocycles. The number of allylic oxidation sites excluding steroid dienone is 1. The molecular weight excluding hydrogens is 238 g/mol. The van der Waals surface area contributed by atoms with Crippen LogP contribution >= 0.6 is 0 Å². The van der Waals surface area contributed by atoms with Crippen molar-refractivity contribution in [1.29, 1.82) is 0 Å². The molecule has 0 bridgehead atoms. The quantitative estimate of drug-likeness (QED) is 0.759. The molecule has 1 aliphatic heterocycles. The van der Waals surface area contributed by atoms with Crippen LogP contribution in [0.1, 0.15) is 47.8 Å². The van der Waals surface area contributed by atoms with Crippen LogP contribution < -0.4 is 0 Å². The maximum Gasteiger partial charge on any atom is 0.337 e. The monoisotopic (exact) mass is 257 g/mol. The van der Waals surface area contributed by atoms with Crippen LogP contribution in [-0.2, 0) is 4.74 Å². The van der Waals surface area contributed by atoms with Gasteiger partial charge in [-0.25, -0.2) is 4.79 Å². The van der Waals surface area contributed by atoms with Crippen molar-refractivity contribution in [3.05, 3.63) is 46.5 Å². The van der Waals surface area contributed by atoms with Gasteiger partial charge >= 0.3 is 5.97 Å². The first-order valence-electron chi connectivity index (χ1n) is 6.43. The van der Waals surface area contributed by atoms with Gasteiger partial charge in [-0.2, -0.15) is 0 Å². The lowest BCUT2D eigenvalue weighted by molar-refractivity contribution is 0.0600. The molecule has 1 atom stereocenters. The van der Waals surface area contributed by atoms with Gasteiger partial charge in [0.15, 0.2) is 0 Å².